The molecular weight excluding hydrogens is 441 g/mol. The molecule has 3 rings (SSSR count). The van der Waals surface area contributed by atoms with Gasteiger partial charge in [-0.1, -0.05) is 35.3 Å². The lowest BCUT2D eigenvalue weighted by atomic mass is 10.1. The molecule has 0 radical (unpaired) electrons. The number of carboxylic acids is 1. The fourth-order valence-corrected chi connectivity index (χ4v) is 4.43. The second-order valence-electron chi connectivity index (χ2n) is 5.72. The zero-order valence-electron chi connectivity index (χ0n) is 14.4. The minimum Gasteiger partial charge on any atom is -0.477 e. The summed E-state index contributed by atoms with van der Waals surface area (Å²) in [4.78, 5) is 25.5. The normalized spacial score (nSPS) is 11.8. The first-order valence-corrected chi connectivity index (χ1v) is 11.0. The quantitative estimate of drug-likeness (QED) is 0.540. The smallest absolute Gasteiger partial charge is 0.348 e. The summed E-state index contributed by atoms with van der Waals surface area (Å²) in [5.74, 6) is -1.69. The molecule has 3 aromatic rings. The molecule has 1 heterocycles. The Kier molecular flexibility index (Phi) is 6.20. The lowest BCUT2D eigenvalue weighted by molar-refractivity contribution is 0.0703. The van der Waals surface area contributed by atoms with E-state index in [4.69, 9.17) is 23.2 Å². The van der Waals surface area contributed by atoms with Crippen LogP contribution in [0.2, 0.25) is 10.0 Å². The van der Waals surface area contributed by atoms with Gasteiger partial charge in [0.2, 0.25) is 0 Å². The highest BCUT2D eigenvalue weighted by Crippen LogP contribution is 2.35. The largest absolute Gasteiger partial charge is 0.477 e. The predicted molar refractivity (Wildman–Crippen MR) is 113 cm³/mol. The van der Waals surface area contributed by atoms with Crippen molar-refractivity contribution in [2.24, 2.45) is 0 Å². The summed E-state index contributed by atoms with van der Waals surface area (Å²) in [6.45, 7) is 0. The highest BCUT2D eigenvalue weighted by Gasteiger charge is 2.20. The fraction of sp³-hybridized carbons (Fsp3) is 0.0526. The van der Waals surface area contributed by atoms with Gasteiger partial charge in [0.05, 0.1) is 16.3 Å². The Labute approximate surface area is 177 Å². The van der Waals surface area contributed by atoms with Crippen LogP contribution in [0.15, 0.2) is 53.4 Å². The Hall–Kier alpha value is -2.19. The van der Waals surface area contributed by atoms with Crippen LogP contribution in [-0.2, 0) is 10.8 Å². The lowest BCUT2D eigenvalue weighted by Gasteiger charge is -2.06. The molecule has 0 bridgehead atoms. The first-order valence-electron chi connectivity index (χ1n) is 7.83. The summed E-state index contributed by atoms with van der Waals surface area (Å²) in [5.41, 5.74) is 1.11. The van der Waals surface area contributed by atoms with E-state index in [1.807, 2.05) is 0 Å². The Balaban J connectivity index is 1.93. The van der Waals surface area contributed by atoms with E-state index in [-0.39, 0.29) is 21.2 Å². The van der Waals surface area contributed by atoms with Gasteiger partial charge in [0.1, 0.15) is 4.88 Å². The minimum absolute atomic E-state index is 0.00317. The topological polar surface area (TPSA) is 83.5 Å². The molecule has 1 amide bonds. The number of hydrogen-bond acceptors (Lipinski definition) is 4. The molecule has 1 unspecified atom stereocenters. The number of aromatic carboxylic acids is 1. The predicted octanol–water partition coefficient (Wildman–Crippen LogP) is 5.41. The van der Waals surface area contributed by atoms with E-state index in [2.05, 4.69) is 5.32 Å². The zero-order valence-corrected chi connectivity index (χ0v) is 17.5. The molecular formula is C19H13Cl2NO4S2. The number of halogens is 2. The molecule has 0 aliphatic heterocycles. The van der Waals surface area contributed by atoms with E-state index in [0.717, 1.165) is 16.9 Å². The fourth-order valence-electron chi connectivity index (χ4n) is 2.46. The molecule has 0 spiro atoms. The third-order valence-corrected chi connectivity index (χ3v) is 6.48. The van der Waals surface area contributed by atoms with Gasteiger partial charge < -0.3 is 10.4 Å². The van der Waals surface area contributed by atoms with Gasteiger partial charge >= 0.3 is 5.97 Å². The molecule has 0 fully saturated rings. The first kappa shape index (κ1) is 20.5. The summed E-state index contributed by atoms with van der Waals surface area (Å²) in [7, 11) is -1.10. The van der Waals surface area contributed by atoms with Crippen molar-refractivity contribution in [1.82, 2.24) is 0 Å². The standard InChI is InChI=1S/C19H13Cl2NO4S2/c1-28(26)12-5-2-10(3-6-12)16-9-15(17(27-16)19(24)25)22-18(23)13-7-4-11(20)8-14(13)21/h2-9H,1H3,(H,22,23)(H,24,25). The number of carbonyl (C=O) groups is 2. The van der Waals surface area contributed by atoms with Crippen LogP contribution in [0.5, 0.6) is 0 Å². The van der Waals surface area contributed by atoms with Gasteiger partial charge in [-0.05, 0) is 42.0 Å². The molecule has 0 saturated heterocycles. The van der Waals surface area contributed by atoms with E-state index in [1.54, 1.807) is 36.6 Å². The van der Waals surface area contributed by atoms with E-state index in [9.17, 15) is 18.9 Å². The van der Waals surface area contributed by atoms with Crippen LogP contribution in [0.25, 0.3) is 10.4 Å². The van der Waals surface area contributed by atoms with Crippen molar-refractivity contribution in [2.45, 2.75) is 4.90 Å². The maximum absolute atomic E-state index is 12.5. The lowest BCUT2D eigenvalue weighted by Crippen LogP contribution is -2.13. The summed E-state index contributed by atoms with van der Waals surface area (Å²) >= 11 is 12.9. The molecule has 1 atom stereocenters. The van der Waals surface area contributed by atoms with Crippen LogP contribution in [0.1, 0.15) is 20.0 Å². The second kappa shape index (κ2) is 8.45. The van der Waals surface area contributed by atoms with Crippen molar-refractivity contribution in [3.05, 3.63) is 69.0 Å². The first-order chi connectivity index (χ1) is 13.3. The van der Waals surface area contributed by atoms with Gasteiger partial charge in [-0.3, -0.25) is 9.00 Å². The van der Waals surface area contributed by atoms with Crippen LogP contribution in [0.3, 0.4) is 0 Å². The Morgan fingerprint density at radius 3 is 2.32 bits per heavy atom. The van der Waals surface area contributed by atoms with E-state index >= 15 is 0 Å². The van der Waals surface area contributed by atoms with Gasteiger partial charge in [0, 0.05) is 31.9 Å². The van der Waals surface area contributed by atoms with Crippen molar-refractivity contribution < 1.29 is 18.9 Å². The molecule has 2 N–H and O–H groups in total. The van der Waals surface area contributed by atoms with Gasteiger partial charge in [-0.2, -0.15) is 0 Å². The molecule has 0 aliphatic rings. The van der Waals surface area contributed by atoms with Crippen LogP contribution < -0.4 is 5.32 Å². The number of hydrogen-bond donors (Lipinski definition) is 2. The van der Waals surface area contributed by atoms with Gasteiger partial charge in [0.25, 0.3) is 5.91 Å². The third-order valence-electron chi connectivity index (χ3n) is 3.82. The van der Waals surface area contributed by atoms with Crippen molar-refractivity contribution >= 4 is 62.9 Å². The molecule has 144 valence electrons. The van der Waals surface area contributed by atoms with Crippen molar-refractivity contribution in [3.63, 3.8) is 0 Å². The van der Waals surface area contributed by atoms with Crippen LogP contribution in [0.4, 0.5) is 5.69 Å². The number of carbonyl (C=O) groups excluding carboxylic acids is 1. The zero-order chi connectivity index (χ0) is 20.4. The van der Waals surface area contributed by atoms with E-state index in [0.29, 0.717) is 14.8 Å². The van der Waals surface area contributed by atoms with Gasteiger partial charge in [-0.15, -0.1) is 11.3 Å². The molecule has 1 aromatic heterocycles. The van der Waals surface area contributed by atoms with Crippen molar-refractivity contribution in [1.29, 1.82) is 0 Å². The summed E-state index contributed by atoms with van der Waals surface area (Å²) in [6.07, 6.45) is 1.58. The highest BCUT2D eigenvalue weighted by atomic mass is 35.5. The molecule has 9 heteroatoms. The minimum atomic E-state index is -1.15. The van der Waals surface area contributed by atoms with Gasteiger partial charge in [-0.25, -0.2) is 4.79 Å². The van der Waals surface area contributed by atoms with E-state index in [1.165, 1.54) is 18.2 Å². The van der Waals surface area contributed by atoms with Crippen molar-refractivity contribution in [2.75, 3.05) is 11.6 Å². The summed E-state index contributed by atoms with van der Waals surface area (Å²) in [5, 5.41) is 12.7. The number of anilines is 1. The summed E-state index contributed by atoms with van der Waals surface area (Å²) < 4.78 is 11.5. The van der Waals surface area contributed by atoms with Crippen molar-refractivity contribution in [3.8, 4) is 10.4 Å². The number of rotatable bonds is 5. The number of carboxylic acid groups (broad SMARTS) is 1. The number of nitrogens with one attached hydrogen (secondary N) is 1. The van der Waals surface area contributed by atoms with Crippen LogP contribution >= 0.6 is 34.5 Å². The number of amides is 1. The van der Waals surface area contributed by atoms with Gasteiger partial charge in [0.15, 0.2) is 0 Å². The maximum atomic E-state index is 12.5. The molecule has 28 heavy (non-hydrogen) atoms. The number of benzene rings is 2. The van der Waals surface area contributed by atoms with Crippen LogP contribution in [-0.4, -0.2) is 27.4 Å². The molecule has 2 aromatic carbocycles. The molecule has 5 nitrogen and oxygen atoms in total. The summed E-state index contributed by atoms with van der Waals surface area (Å²) in [6, 6.07) is 13.0. The van der Waals surface area contributed by atoms with E-state index < -0.39 is 22.7 Å². The number of thiophene rings is 1. The SMILES string of the molecule is CS(=O)c1ccc(-c2cc(NC(=O)c3ccc(Cl)cc3Cl)c(C(=O)O)s2)cc1. The average molecular weight is 454 g/mol. The van der Waals surface area contributed by atoms with Crippen LogP contribution in [0, 0.1) is 0 Å². The Morgan fingerprint density at radius 2 is 1.75 bits per heavy atom. The molecule has 0 aliphatic carbocycles. The Morgan fingerprint density at radius 1 is 1.07 bits per heavy atom. The highest BCUT2D eigenvalue weighted by molar-refractivity contribution is 7.84. The molecule has 0 saturated carbocycles. The average Bonchev–Trinajstić information content (AvgIpc) is 3.05. The monoisotopic (exact) mass is 453 g/mol. The maximum Gasteiger partial charge on any atom is 0.348 e. The Bertz CT molecular complexity index is 1090. The third kappa shape index (κ3) is 4.44. The second-order valence-corrected chi connectivity index (χ2v) is 8.99.